The molecule has 2 aromatic rings. The number of rotatable bonds is 10. The second kappa shape index (κ2) is 10.2. The van der Waals surface area contributed by atoms with Gasteiger partial charge < -0.3 is 5.32 Å². The fourth-order valence-electron chi connectivity index (χ4n) is 2.62. The number of benzene rings is 2. The zero-order valence-corrected chi connectivity index (χ0v) is 16.1. The summed E-state index contributed by atoms with van der Waals surface area (Å²) < 4.78 is 40.8. The lowest BCUT2D eigenvalue weighted by Crippen LogP contribution is -2.48. The predicted octanol–water partition coefficient (Wildman–Crippen LogP) is 3.02. The van der Waals surface area contributed by atoms with E-state index < -0.39 is 21.9 Å². The summed E-state index contributed by atoms with van der Waals surface area (Å²) in [6.45, 7) is 2.56. The maximum absolute atomic E-state index is 13.1. The van der Waals surface area contributed by atoms with Crippen molar-refractivity contribution in [2.75, 3.05) is 6.54 Å². The van der Waals surface area contributed by atoms with Crippen molar-refractivity contribution < 1.29 is 17.6 Å². The maximum Gasteiger partial charge on any atom is 0.241 e. The van der Waals surface area contributed by atoms with E-state index in [4.69, 9.17) is 0 Å². The van der Waals surface area contributed by atoms with Crippen molar-refractivity contribution >= 4 is 15.9 Å². The van der Waals surface area contributed by atoms with Gasteiger partial charge in [-0.3, -0.25) is 4.79 Å². The van der Waals surface area contributed by atoms with Crippen molar-refractivity contribution in [3.63, 3.8) is 0 Å². The molecule has 0 spiro atoms. The van der Waals surface area contributed by atoms with Crippen molar-refractivity contribution in [3.05, 3.63) is 66.0 Å². The van der Waals surface area contributed by atoms with Crippen LogP contribution in [0.4, 0.5) is 4.39 Å². The molecule has 0 saturated heterocycles. The molecule has 2 N–H and O–H groups in total. The molecule has 0 heterocycles. The minimum absolute atomic E-state index is 0.0826. The molecule has 0 unspecified atom stereocenters. The molecule has 27 heavy (non-hydrogen) atoms. The van der Waals surface area contributed by atoms with E-state index in [9.17, 15) is 17.6 Å². The van der Waals surface area contributed by atoms with Crippen LogP contribution in [0.2, 0.25) is 0 Å². The van der Waals surface area contributed by atoms with Gasteiger partial charge in [-0.1, -0.05) is 50.1 Å². The minimum Gasteiger partial charge on any atom is -0.355 e. The number of unbranched alkanes of at least 4 members (excludes halogenated alkanes) is 2. The lowest BCUT2D eigenvalue weighted by molar-refractivity contribution is -0.122. The maximum atomic E-state index is 13.1. The molecule has 1 amide bonds. The first-order valence-corrected chi connectivity index (χ1v) is 10.5. The Balaban J connectivity index is 2.15. The third kappa shape index (κ3) is 6.77. The molecule has 0 aromatic heterocycles. The summed E-state index contributed by atoms with van der Waals surface area (Å²) in [5.41, 5.74) is 0.841. The van der Waals surface area contributed by atoms with Crippen LogP contribution in [-0.4, -0.2) is 26.9 Å². The summed E-state index contributed by atoms with van der Waals surface area (Å²) in [6, 6.07) is 12.7. The van der Waals surface area contributed by atoms with Gasteiger partial charge in [0.05, 0.1) is 4.90 Å². The van der Waals surface area contributed by atoms with Crippen molar-refractivity contribution in [2.24, 2.45) is 0 Å². The summed E-state index contributed by atoms with van der Waals surface area (Å²) in [7, 11) is -3.95. The zero-order chi connectivity index (χ0) is 19.7. The van der Waals surface area contributed by atoms with Crippen LogP contribution in [0, 0.1) is 5.82 Å². The fraction of sp³-hybridized carbons (Fsp3) is 0.350. The molecule has 0 bridgehead atoms. The van der Waals surface area contributed by atoms with E-state index >= 15 is 0 Å². The van der Waals surface area contributed by atoms with E-state index in [2.05, 4.69) is 17.0 Å². The quantitative estimate of drug-likeness (QED) is 0.611. The fourth-order valence-corrected chi connectivity index (χ4v) is 3.81. The van der Waals surface area contributed by atoms with Crippen LogP contribution in [0.1, 0.15) is 31.7 Å². The van der Waals surface area contributed by atoms with Gasteiger partial charge in [0.1, 0.15) is 11.9 Å². The van der Waals surface area contributed by atoms with Crippen LogP contribution in [0.15, 0.2) is 59.5 Å². The van der Waals surface area contributed by atoms with Crippen molar-refractivity contribution in [2.45, 2.75) is 43.5 Å². The Morgan fingerprint density at radius 2 is 1.70 bits per heavy atom. The number of hydrogen-bond acceptors (Lipinski definition) is 3. The molecule has 0 aliphatic heterocycles. The molecule has 0 fully saturated rings. The van der Waals surface area contributed by atoms with Crippen LogP contribution in [-0.2, 0) is 21.2 Å². The Bertz CT molecular complexity index is 824. The number of carbonyl (C=O) groups excluding carboxylic acids is 1. The molecular weight excluding hydrogens is 367 g/mol. The number of carbonyl (C=O) groups is 1. The van der Waals surface area contributed by atoms with E-state index in [1.807, 2.05) is 30.3 Å². The number of halogens is 1. The highest BCUT2D eigenvalue weighted by Gasteiger charge is 2.26. The molecule has 0 radical (unpaired) electrons. The first kappa shape index (κ1) is 21.1. The number of amides is 1. The highest BCUT2D eigenvalue weighted by Crippen LogP contribution is 2.12. The summed E-state index contributed by atoms with van der Waals surface area (Å²) >= 11 is 0. The molecule has 2 rings (SSSR count). The lowest BCUT2D eigenvalue weighted by atomic mass is 10.1. The van der Waals surface area contributed by atoms with Gasteiger partial charge in [0.15, 0.2) is 0 Å². The van der Waals surface area contributed by atoms with Gasteiger partial charge in [-0.15, -0.1) is 0 Å². The third-order valence-corrected chi connectivity index (χ3v) is 5.59. The Morgan fingerprint density at radius 1 is 1.04 bits per heavy atom. The third-order valence-electron chi connectivity index (χ3n) is 4.10. The van der Waals surface area contributed by atoms with Gasteiger partial charge >= 0.3 is 0 Å². The van der Waals surface area contributed by atoms with Crippen LogP contribution in [0.3, 0.4) is 0 Å². The van der Waals surface area contributed by atoms with Crippen LogP contribution >= 0.6 is 0 Å². The number of hydrogen-bond donors (Lipinski definition) is 2. The van der Waals surface area contributed by atoms with Crippen LogP contribution in [0.5, 0.6) is 0 Å². The first-order chi connectivity index (χ1) is 12.9. The average Bonchev–Trinajstić information content (AvgIpc) is 2.65. The van der Waals surface area contributed by atoms with Crippen LogP contribution < -0.4 is 10.0 Å². The Kier molecular flexibility index (Phi) is 7.94. The second-order valence-electron chi connectivity index (χ2n) is 6.32. The average molecular weight is 392 g/mol. The first-order valence-electron chi connectivity index (χ1n) is 9.02. The molecule has 5 nitrogen and oxygen atoms in total. The SMILES string of the molecule is CCCCCNC(=O)[C@H](Cc1ccccc1)NS(=O)(=O)c1ccc(F)cc1. The summed E-state index contributed by atoms with van der Waals surface area (Å²) in [5, 5.41) is 2.80. The zero-order valence-electron chi connectivity index (χ0n) is 15.3. The molecule has 146 valence electrons. The largest absolute Gasteiger partial charge is 0.355 e. The van der Waals surface area contributed by atoms with Crippen molar-refractivity contribution in [1.29, 1.82) is 0 Å². The van der Waals surface area contributed by atoms with Crippen molar-refractivity contribution in [1.82, 2.24) is 10.0 Å². The van der Waals surface area contributed by atoms with Gasteiger partial charge in [0, 0.05) is 6.54 Å². The molecule has 1 atom stereocenters. The summed E-state index contributed by atoms with van der Waals surface area (Å²) in [4.78, 5) is 12.5. The standard InChI is InChI=1S/C20H25FN2O3S/c1-2-3-7-14-22-20(24)19(15-16-8-5-4-6-9-16)23-27(25,26)18-12-10-17(21)11-13-18/h4-6,8-13,19,23H,2-3,7,14-15H2,1H3,(H,22,24)/t19-/m0/s1. The summed E-state index contributed by atoms with van der Waals surface area (Å²) in [6.07, 6.45) is 3.08. The van der Waals surface area contributed by atoms with Gasteiger partial charge in [-0.2, -0.15) is 4.72 Å². The smallest absolute Gasteiger partial charge is 0.241 e. The number of sulfonamides is 1. The molecule has 0 saturated carbocycles. The van der Waals surface area contributed by atoms with E-state index in [-0.39, 0.29) is 17.2 Å². The molecule has 2 aromatic carbocycles. The molecular formula is C20H25FN2O3S. The van der Waals surface area contributed by atoms with Gasteiger partial charge in [-0.05, 0) is 42.7 Å². The van der Waals surface area contributed by atoms with E-state index in [0.717, 1.165) is 37.0 Å². The normalized spacial score (nSPS) is 12.5. The van der Waals surface area contributed by atoms with E-state index in [1.165, 1.54) is 12.1 Å². The molecule has 0 aliphatic carbocycles. The summed E-state index contributed by atoms with van der Waals surface area (Å²) in [5.74, 6) is -0.899. The highest BCUT2D eigenvalue weighted by molar-refractivity contribution is 7.89. The topological polar surface area (TPSA) is 75.3 Å². The minimum atomic E-state index is -3.95. The molecule has 7 heteroatoms. The van der Waals surface area contributed by atoms with E-state index in [1.54, 1.807) is 0 Å². The second-order valence-corrected chi connectivity index (χ2v) is 8.03. The Hall–Kier alpha value is -2.25. The van der Waals surface area contributed by atoms with Gasteiger partial charge in [0.2, 0.25) is 15.9 Å². The predicted molar refractivity (Wildman–Crippen MR) is 103 cm³/mol. The monoisotopic (exact) mass is 392 g/mol. The van der Waals surface area contributed by atoms with Gasteiger partial charge in [0.25, 0.3) is 0 Å². The van der Waals surface area contributed by atoms with Crippen molar-refractivity contribution in [3.8, 4) is 0 Å². The molecule has 0 aliphatic rings. The van der Waals surface area contributed by atoms with E-state index in [0.29, 0.717) is 6.54 Å². The Morgan fingerprint density at radius 3 is 2.33 bits per heavy atom. The lowest BCUT2D eigenvalue weighted by Gasteiger charge is -2.19. The Labute approximate surface area is 160 Å². The van der Waals surface area contributed by atoms with Gasteiger partial charge in [-0.25, -0.2) is 12.8 Å². The van der Waals surface area contributed by atoms with Crippen LogP contribution in [0.25, 0.3) is 0 Å². The highest BCUT2D eigenvalue weighted by atomic mass is 32.2. The number of nitrogens with one attached hydrogen (secondary N) is 2.